The molecule has 0 bridgehead atoms. The first-order chi connectivity index (χ1) is 11.1. The zero-order valence-corrected chi connectivity index (χ0v) is 14.5. The number of hydrogen-bond acceptors (Lipinski definition) is 5. The summed E-state index contributed by atoms with van der Waals surface area (Å²) in [5.74, 6) is 0.166. The zero-order valence-electron chi connectivity index (χ0n) is 13.7. The number of amides is 1. The number of hydrogen-bond donors (Lipinski definition) is 1. The Morgan fingerprint density at radius 2 is 2.04 bits per heavy atom. The highest BCUT2D eigenvalue weighted by Crippen LogP contribution is 2.21. The lowest BCUT2D eigenvalue weighted by atomic mass is 10.3. The van der Waals surface area contributed by atoms with Crippen molar-refractivity contribution in [3.8, 4) is 0 Å². The van der Waals surface area contributed by atoms with Gasteiger partial charge in [-0.25, -0.2) is 5.10 Å². The van der Waals surface area contributed by atoms with Crippen LogP contribution in [0.25, 0.3) is 0 Å². The van der Waals surface area contributed by atoms with Crippen molar-refractivity contribution < 1.29 is 4.79 Å². The number of halogens is 1. The van der Waals surface area contributed by atoms with Gasteiger partial charge in [-0.3, -0.25) is 14.5 Å². The third-order valence-corrected chi connectivity index (χ3v) is 4.55. The van der Waals surface area contributed by atoms with E-state index in [9.17, 15) is 9.59 Å². The molecule has 8 heteroatoms. The average Bonchev–Trinajstić information content (AvgIpc) is 2.77. The van der Waals surface area contributed by atoms with Crippen LogP contribution in [0, 0.1) is 0 Å². The second-order valence-electron chi connectivity index (χ2n) is 5.58. The van der Waals surface area contributed by atoms with Crippen LogP contribution in [0.4, 0.5) is 5.69 Å². The van der Waals surface area contributed by atoms with Crippen molar-refractivity contribution >= 4 is 23.2 Å². The van der Waals surface area contributed by atoms with E-state index < -0.39 is 0 Å². The number of likely N-dealkylation sites (N-methyl/N-ethyl adjacent to an activating group) is 1. The van der Waals surface area contributed by atoms with Crippen molar-refractivity contribution in [1.29, 1.82) is 0 Å². The Labute approximate surface area is 141 Å². The van der Waals surface area contributed by atoms with Gasteiger partial charge in [-0.05, 0) is 20.3 Å². The Balaban J connectivity index is 1.98. The van der Waals surface area contributed by atoms with Gasteiger partial charge in [-0.1, -0.05) is 11.6 Å². The van der Waals surface area contributed by atoms with E-state index in [2.05, 4.69) is 20.0 Å². The molecule has 1 fully saturated rings. The van der Waals surface area contributed by atoms with Gasteiger partial charge in [0.15, 0.2) is 0 Å². The molecule has 1 N–H and O–H groups in total. The Morgan fingerprint density at radius 3 is 2.74 bits per heavy atom. The standard InChI is InChI=1S/C15H24ClN5O2/c1-3-20(4-2)13(22)11-19-6-5-7-21(9-8-19)12-10-17-18-15(23)14(12)16/h10H,3-9,11H2,1-2H3,(H,18,23). The van der Waals surface area contributed by atoms with Crippen LogP contribution in [-0.2, 0) is 4.79 Å². The lowest BCUT2D eigenvalue weighted by Crippen LogP contribution is -2.41. The highest BCUT2D eigenvalue weighted by molar-refractivity contribution is 6.32. The van der Waals surface area contributed by atoms with Gasteiger partial charge < -0.3 is 9.80 Å². The summed E-state index contributed by atoms with van der Waals surface area (Å²) in [5.41, 5.74) is 0.286. The van der Waals surface area contributed by atoms with Gasteiger partial charge in [0.05, 0.1) is 18.4 Å². The molecule has 23 heavy (non-hydrogen) atoms. The SMILES string of the molecule is CCN(CC)C(=O)CN1CCCN(c2cn[nH]c(=O)c2Cl)CC1. The number of aromatic nitrogens is 2. The second kappa shape index (κ2) is 8.31. The van der Waals surface area contributed by atoms with Gasteiger partial charge in [0, 0.05) is 39.3 Å². The normalized spacial score (nSPS) is 16.2. The van der Waals surface area contributed by atoms with Crippen LogP contribution in [0.2, 0.25) is 5.02 Å². The number of H-pyrrole nitrogens is 1. The molecule has 2 heterocycles. The molecule has 1 aliphatic rings. The lowest BCUT2D eigenvalue weighted by molar-refractivity contribution is -0.132. The molecule has 0 saturated carbocycles. The fourth-order valence-corrected chi connectivity index (χ4v) is 3.04. The monoisotopic (exact) mass is 341 g/mol. The summed E-state index contributed by atoms with van der Waals surface area (Å²) in [6.07, 6.45) is 2.50. The molecule has 0 aliphatic carbocycles. The number of aromatic amines is 1. The number of nitrogens with one attached hydrogen (secondary N) is 1. The van der Waals surface area contributed by atoms with E-state index in [4.69, 9.17) is 11.6 Å². The maximum absolute atomic E-state index is 12.2. The third kappa shape index (κ3) is 4.45. The summed E-state index contributed by atoms with van der Waals surface area (Å²) >= 11 is 6.08. The predicted octanol–water partition coefficient (Wildman–Crippen LogP) is 0.804. The first kappa shape index (κ1) is 17.7. The van der Waals surface area contributed by atoms with Crippen LogP contribution < -0.4 is 10.5 Å². The topological polar surface area (TPSA) is 72.5 Å². The minimum absolute atomic E-state index is 0.166. The van der Waals surface area contributed by atoms with Gasteiger partial charge in [-0.2, -0.15) is 5.10 Å². The molecule has 1 amide bonds. The molecule has 128 valence electrons. The van der Waals surface area contributed by atoms with E-state index in [1.807, 2.05) is 18.7 Å². The van der Waals surface area contributed by atoms with E-state index in [0.29, 0.717) is 12.2 Å². The molecule has 2 rings (SSSR count). The molecule has 1 aliphatic heterocycles. The number of carbonyl (C=O) groups is 1. The first-order valence-corrected chi connectivity index (χ1v) is 8.42. The molecule has 0 radical (unpaired) electrons. The van der Waals surface area contributed by atoms with E-state index in [0.717, 1.165) is 45.7 Å². The Bertz CT molecular complexity index is 587. The van der Waals surface area contributed by atoms with Crippen LogP contribution in [0.15, 0.2) is 11.0 Å². The molecule has 1 saturated heterocycles. The molecular formula is C15H24ClN5O2. The minimum atomic E-state index is -0.373. The van der Waals surface area contributed by atoms with Gasteiger partial charge >= 0.3 is 0 Å². The molecule has 0 aromatic carbocycles. The van der Waals surface area contributed by atoms with Crippen molar-refractivity contribution in [3.05, 3.63) is 21.6 Å². The maximum Gasteiger partial charge on any atom is 0.285 e. The van der Waals surface area contributed by atoms with Crippen LogP contribution >= 0.6 is 11.6 Å². The highest BCUT2D eigenvalue weighted by Gasteiger charge is 2.21. The molecule has 7 nitrogen and oxygen atoms in total. The molecule has 0 spiro atoms. The minimum Gasteiger partial charge on any atom is -0.368 e. The Morgan fingerprint density at radius 1 is 1.30 bits per heavy atom. The summed E-state index contributed by atoms with van der Waals surface area (Å²) in [6.45, 7) is 9.04. The van der Waals surface area contributed by atoms with Crippen LogP contribution in [0.3, 0.4) is 0 Å². The van der Waals surface area contributed by atoms with Crippen LogP contribution in [0.1, 0.15) is 20.3 Å². The van der Waals surface area contributed by atoms with Crippen LogP contribution in [0.5, 0.6) is 0 Å². The number of carbonyl (C=O) groups excluding carboxylic acids is 1. The average molecular weight is 342 g/mol. The summed E-state index contributed by atoms with van der Waals surface area (Å²) in [4.78, 5) is 29.9. The van der Waals surface area contributed by atoms with E-state index in [-0.39, 0.29) is 16.5 Å². The maximum atomic E-state index is 12.2. The smallest absolute Gasteiger partial charge is 0.285 e. The van der Waals surface area contributed by atoms with Gasteiger partial charge in [0.2, 0.25) is 5.91 Å². The highest BCUT2D eigenvalue weighted by atomic mass is 35.5. The van der Waals surface area contributed by atoms with Gasteiger partial charge in [0.1, 0.15) is 5.02 Å². The molecule has 1 aromatic rings. The molecule has 1 aromatic heterocycles. The van der Waals surface area contributed by atoms with Crippen molar-refractivity contribution in [2.45, 2.75) is 20.3 Å². The summed E-state index contributed by atoms with van der Waals surface area (Å²) in [5, 5.41) is 6.33. The number of rotatable bonds is 5. The third-order valence-electron chi connectivity index (χ3n) is 4.18. The summed E-state index contributed by atoms with van der Waals surface area (Å²) < 4.78 is 0. The van der Waals surface area contributed by atoms with E-state index in [1.165, 1.54) is 0 Å². The first-order valence-electron chi connectivity index (χ1n) is 8.05. The van der Waals surface area contributed by atoms with Crippen molar-refractivity contribution in [2.24, 2.45) is 0 Å². The van der Waals surface area contributed by atoms with Gasteiger partial charge in [-0.15, -0.1) is 0 Å². The predicted molar refractivity (Wildman–Crippen MR) is 91.1 cm³/mol. The fourth-order valence-electron chi connectivity index (χ4n) is 2.83. The molecule has 0 atom stereocenters. The number of anilines is 1. The van der Waals surface area contributed by atoms with Crippen molar-refractivity contribution in [2.75, 3.05) is 50.7 Å². The van der Waals surface area contributed by atoms with Crippen molar-refractivity contribution in [3.63, 3.8) is 0 Å². The molecular weight excluding hydrogens is 318 g/mol. The largest absolute Gasteiger partial charge is 0.368 e. The fraction of sp³-hybridized carbons (Fsp3) is 0.667. The van der Waals surface area contributed by atoms with E-state index >= 15 is 0 Å². The van der Waals surface area contributed by atoms with Gasteiger partial charge in [0.25, 0.3) is 5.56 Å². The second-order valence-corrected chi connectivity index (χ2v) is 5.96. The lowest BCUT2D eigenvalue weighted by Gasteiger charge is -2.25. The van der Waals surface area contributed by atoms with Crippen LogP contribution in [-0.4, -0.2) is 71.7 Å². The summed E-state index contributed by atoms with van der Waals surface area (Å²) in [7, 11) is 0. The zero-order chi connectivity index (χ0) is 16.8. The van der Waals surface area contributed by atoms with Crippen molar-refractivity contribution in [1.82, 2.24) is 20.0 Å². The Kier molecular flexibility index (Phi) is 6.41. The molecule has 0 unspecified atom stereocenters. The quantitative estimate of drug-likeness (QED) is 0.857. The Hall–Kier alpha value is -1.60. The number of nitrogens with zero attached hydrogens (tertiary/aromatic N) is 4. The summed E-state index contributed by atoms with van der Waals surface area (Å²) in [6, 6.07) is 0. The van der Waals surface area contributed by atoms with E-state index in [1.54, 1.807) is 6.20 Å².